The molecule has 1 aromatic rings. The van der Waals surface area contributed by atoms with Crippen LogP contribution in [0.1, 0.15) is 25.8 Å². The zero-order chi connectivity index (χ0) is 13.4. The molecule has 18 heavy (non-hydrogen) atoms. The van der Waals surface area contributed by atoms with Crippen LogP contribution in [0, 0.1) is 0 Å². The van der Waals surface area contributed by atoms with Gasteiger partial charge in [0, 0.05) is 17.8 Å². The van der Waals surface area contributed by atoms with E-state index in [4.69, 9.17) is 5.73 Å². The Bertz CT molecular complexity index is 550. The van der Waals surface area contributed by atoms with Crippen LogP contribution in [0.4, 0.5) is 5.69 Å². The Morgan fingerprint density at radius 3 is 2.78 bits per heavy atom. The fraction of sp³-hybridized carbons (Fsp3) is 0.538. The van der Waals surface area contributed by atoms with Crippen molar-refractivity contribution in [3.63, 3.8) is 0 Å². The van der Waals surface area contributed by atoms with Crippen molar-refractivity contribution in [1.29, 1.82) is 0 Å². The Kier molecular flexibility index (Phi) is 3.38. The van der Waals surface area contributed by atoms with Crippen LogP contribution in [-0.4, -0.2) is 26.3 Å². The third-order valence-corrected chi connectivity index (χ3v) is 5.14. The molecule has 0 spiro atoms. The van der Waals surface area contributed by atoms with Gasteiger partial charge in [-0.3, -0.25) is 0 Å². The maximum atomic E-state index is 11.9. The quantitative estimate of drug-likeness (QED) is 0.872. The molecule has 100 valence electrons. The molecule has 0 radical (unpaired) electrons. The van der Waals surface area contributed by atoms with Crippen molar-refractivity contribution in [1.82, 2.24) is 0 Å². The second-order valence-electron chi connectivity index (χ2n) is 5.46. The molecule has 0 unspecified atom stereocenters. The molecule has 2 rings (SSSR count). The van der Waals surface area contributed by atoms with Crippen LogP contribution >= 0.6 is 0 Å². The van der Waals surface area contributed by atoms with Crippen molar-refractivity contribution in [3.05, 3.63) is 23.8 Å². The summed E-state index contributed by atoms with van der Waals surface area (Å²) in [7, 11) is -3.06. The Hall–Kier alpha value is -1.07. The molecule has 0 saturated carbocycles. The average Bonchev–Trinajstić information content (AvgIpc) is 2.28. The van der Waals surface area contributed by atoms with Crippen molar-refractivity contribution in [2.24, 2.45) is 5.73 Å². The summed E-state index contributed by atoms with van der Waals surface area (Å²) >= 11 is 0. The highest BCUT2D eigenvalue weighted by Gasteiger charge is 2.24. The lowest BCUT2D eigenvalue weighted by Crippen LogP contribution is -2.39. The van der Waals surface area contributed by atoms with Gasteiger partial charge >= 0.3 is 0 Å². The van der Waals surface area contributed by atoms with Crippen LogP contribution in [0.25, 0.3) is 0 Å². The van der Waals surface area contributed by atoms with Gasteiger partial charge in [-0.15, -0.1) is 0 Å². The van der Waals surface area contributed by atoms with Crippen LogP contribution in [0.15, 0.2) is 23.1 Å². The Morgan fingerprint density at radius 2 is 2.11 bits per heavy atom. The second-order valence-corrected chi connectivity index (χ2v) is 7.54. The van der Waals surface area contributed by atoms with Gasteiger partial charge in [0.15, 0.2) is 9.84 Å². The van der Waals surface area contributed by atoms with Gasteiger partial charge in [-0.25, -0.2) is 8.42 Å². The summed E-state index contributed by atoms with van der Waals surface area (Å²) in [5.41, 5.74) is 7.33. The van der Waals surface area contributed by atoms with Crippen molar-refractivity contribution in [2.45, 2.75) is 37.1 Å². The fourth-order valence-electron chi connectivity index (χ4n) is 2.16. The highest BCUT2D eigenvalue weighted by molar-refractivity contribution is 7.91. The van der Waals surface area contributed by atoms with Crippen molar-refractivity contribution < 1.29 is 8.42 Å². The smallest absolute Gasteiger partial charge is 0.178 e. The van der Waals surface area contributed by atoms with Gasteiger partial charge in [-0.05, 0) is 50.5 Å². The highest BCUT2D eigenvalue weighted by Crippen LogP contribution is 2.28. The number of nitrogens with one attached hydrogen (secondary N) is 1. The lowest BCUT2D eigenvalue weighted by atomic mass is 10.0. The van der Waals surface area contributed by atoms with E-state index in [-0.39, 0.29) is 11.3 Å². The minimum absolute atomic E-state index is 0.193. The molecule has 5 heteroatoms. The van der Waals surface area contributed by atoms with E-state index in [2.05, 4.69) is 5.32 Å². The summed E-state index contributed by atoms with van der Waals surface area (Å²) < 4.78 is 23.8. The molecule has 0 fully saturated rings. The van der Waals surface area contributed by atoms with Gasteiger partial charge in [0.05, 0.1) is 10.6 Å². The van der Waals surface area contributed by atoms with E-state index in [1.807, 2.05) is 26.0 Å². The number of aryl methyl sites for hydroxylation is 1. The van der Waals surface area contributed by atoms with Crippen molar-refractivity contribution in [3.8, 4) is 0 Å². The lowest BCUT2D eigenvalue weighted by molar-refractivity contribution is 0.579. The molecule has 4 nitrogen and oxygen atoms in total. The van der Waals surface area contributed by atoms with Crippen molar-refractivity contribution >= 4 is 15.5 Å². The summed E-state index contributed by atoms with van der Waals surface area (Å²) in [6.07, 6.45) is 1.53. The molecule has 0 aliphatic carbocycles. The number of nitrogens with two attached hydrogens (primary N) is 1. The molecule has 3 N–H and O–H groups in total. The van der Waals surface area contributed by atoms with Crippen LogP contribution in [-0.2, 0) is 16.3 Å². The van der Waals surface area contributed by atoms with Crippen LogP contribution < -0.4 is 11.1 Å². The number of rotatable bonds is 3. The first kappa shape index (κ1) is 13.4. The van der Waals surface area contributed by atoms with E-state index in [9.17, 15) is 8.42 Å². The first-order chi connectivity index (χ1) is 8.34. The molecule has 1 aliphatic rings. The number of hydrogen-bond donors (Lipinski definition) is 2. The monoisotopic (exact) mass is 268 g/mol. The number of sulfone groups is 1. The molecule has 0 atom stereocenters. The third-order valence-electron chi connectivity index (χ3n) is 3.25. The van der Waals surface area contributed by atoms with Crippen LogP contribution in [0.2, 0.25) is 0 Å². The lowest BCUT2D eigenvalue weighted by Gasteiger charge is -2.27. The van der Waals surface area contributed by atoms with Crippen LogP contribution in [0.3, 0.4) is 0 Å². The summed E-state index contributed by atoms with van der Waals surface area (Å²) in [6.45, 7) is 4.55. The summed E-state index contributed by atoms with van der Waals surface area (Å²) in [5.74, 6) is 0.265. The molecular formula is C13H20N2O2S. The van der Waals surface area contributed by atoms with E-state index in [0.717, 1.165) is 17.7 Å². The van der Waals surface area contributed by atoms with Gasteiger partial charge in [0.2, 0.25) is 0 Å². The number of fused-ring (bicyclic) bond motifs is 1. The molecule has 0 bridgehead atoms. The Balaban J connectivity index is 2.34. The summed E-state index contributed by atoms with van der Waals surface area (Å²) in [5, 5.41) is 3.33. The predicted octanol–water partition coefficient (Wildman–Crippen LogP) is 1.56. The third kappa shape index (κ3) is 2.67. The highest BCUT2D eigenvalue weighted by atomic mass is 32.2. The standard InChI is InChI=1S/C13H20N2O2S/c1-13(2,9-14)15-11-5-6-12-10(8-11)4-3-7-18(12,16)17/h5-6,8,15H,3-4,7,9,14H2,1-2H3. The van der Waals surface area contributed by atoms with E-state index < -0.39 is 9.84 Å². The van der Waals surface area contributed by atoms with E-state index in [1.54, 1.807) is 6.07 Å². The van der Waals surface area contributed by atoms with Crippen LogP contribution in [0.5, 0.6) is 0 Å². The second kappa shape index (κ2) is 4.55. The zero-order valence-electron chi connectivity index (χ0n) is 10.9. The topological polar surface area (TPSA) is 72.2 Å². The van der Waals surface area contributed by atoms with E-state index in [0.29, 0.717) is 17.9 Å². The molecule has 0 saturated heterocycles. The Labute approximate surface area is 108 Å². The maximum Gasteiger partial charge on any atom is 0.178 e. The van der Waals surface area contributed by atoms with Gasteiger partial charge < -0.3 is 11.1 Å². The maximum absolute atomic E-state index is 11.9. The SMILES string of the molecule is CC(C)(CN)Nc1ccc2c(c1)CCCS2(=O)=O. The number of hydrogen-bond acceptors (Lipinski definition) is 4. The van der Waals surface area contributed by atoms with E-state index in [1.165, 1.54) is 0 Å². The molecule has 0 amide bonds. The Morgan fingerprint density at radius 1 is 1.39 bits per heavy atom. The first-order valence-electron chi connectivity index (χ1n) is 6.18. The number of anilines is 1. The largest absolute Gasteiger partial charge is 0.379 e. The normalized spacial score (nSPS) is 18.2. The number of benzene rings is 1. The molecule has 0 aromatic heterocycles. The minimum atomic E-state index is -3.06. The van der Waals surface area contributed by atoms with Crippen molar-refractivity contribution in [2.75, 3.05) is 17.6 Å². The first-order valence-corrected chi connectivity index (χ1v) is 7.83. The summed E-state index contributed by atoms with van der Waals surface area (Å²) in [4.78, 5) is 0.491. The van der Waals surface area contributed by atoms with Gasteiger partial charge in [0.25, 0.3) is 0 Å². The van der Waals surface area contributed by atoms with Gasteiger partial charge in [0.1, 0.15) is 0 Å². The minimum Gasteiger partial charge on any atom is -0.379 e. The average molecular weight is 268 g/mol. The molecule has 1 aromatic carbocycles. The molecule has 1 heterocycles. The summed E-state index contributed by atoms with van der Waals surface area (Å²) in [6, 6.07) is 5.46. The predicted molar refractivity (Wildman–Crippen MR) is 73.6 cm³/mol. The fourth-order valence-corrected chi connectivity index (χ4v) is 3.74. The molecular weight excluding hydrogens is 248 g/mol. The van der Waals surface area contributed by atoms with E-state index >= 15 is 0 Å². The molecule has 1 aliphatic heterocycles. The van der Waals surface area contributed by atoms with Gasteiger partial charge in [-0.1, -0.05) is 0 Å². The van der Waals surface area contributed by atoms with Gasteiger partial charge in [-0.2, -0.15) is 0 Å². The zero-order valence-corrected chi connectivity index (χ0v) is 11.7.